The average molecular weight is 539 g/mol. The van der Waals surface area contributed by atoms with Crippen molar-refractivity contribution in [3.63, 3.8) is 0 Å². The summed E-state index contributed by atoms with van der Waals surface area (Å²) in [6, 6.07) is 4.98. The molecule has 206 valence electrons. The fourth-order valence-corrected chi connectivity index (χ4v) is 6.86. The largest absolute Gasteiger partial charge is 0.461 e. The molecule has 0 radical (unpaired) electrons. The van der Waals surface area contributed by atoms with Crippen LogP contribution in [0.15, 0.2) is 24.4 Å². The van der Waals surface area contributed by atoms with E-state index in [4.69, 9.17) is 9.72 Å². The molecule has 4 fully saturated rings. The third kappa shape index (κ3) is 4.32. The van der Waals surface area contributed by atoms with E-state index in [2.05, 4.69) is 20.2 Å². The zero-order chi connectivity index (χ0) is 26.7. The molecule has 2 aromatic heterocycles. The number of fused-ring (bicyclic) bond motifs is 2. The first kappa shape index (κ1) is 25.0. The Morgan fingerprint density at radius 3 is 2.87 bits per heavy atom. The van der Waals surface area contributed by atoms with E-state index in [9.17, 15) is 8.78 Å². The minimum atomic E-state index is -0.874. The Morgan fingerprint density at radius 1 is 1.21 bits per heavy atom. The van der Waals surface area contributed by atoms with Crippen molar-refractivity contribution in [3.8, 4) is 17.3 Å². The van der Waals surface area contributed by atoms with E-state index in [1.54, 1.807) is 18.3 Å². The third-order valence-corrected chi connectivity index (χ3v) is 9.08. The second-order valence-electron chi connectivity index (χ2n) is 11.6. The fraction of sp³-hybridized carbons (Fsp3) is 0.552. The summed E-state index contributed by atoms with van der Waals surface area (Å²) in [5, 5.41) is 3.84. The molecule has 39 heavy (non-hydrogen) atoms. The quantitative estimate of drug-likeness (QED) is 0.472. The summed E-state index contributed by atoms with van der Waals surface area (Å²) >= 11 is 0. The smallest absolute Gasteiger partial charge is 0.319 e. The van der Waals surface area contributed by atoms with E-state index in [-0.39, 0.29) is 47.1 Å². The van der Waals surface area contributed by atoms with Crippen LogP contribution in [0.4, 0.5) is 19.0 Å². The van der Waals surface area contributed by atoms with Crippen LogP contribution in [0, 0.1) is 11.6 Å². The number of hydrogen-bond donors (Lipinski definition) is 1. The zero-order valence-corrected chi connectivity index (χ0v) is 22.1. The van der Waals surface area contributed by atoms with Crippen LogP contribution in [0.2, 0.25) is 0 Å². The lowest BCUT2D eigenvalue weighted by Gasteiger charge is -2.31. The van der Waals surface area contributed by atoms with Crippen LogP contribution in [-0.2, 0) is 0 Å². The highest BCUT2D eigenvalue weighted by Crippen LogP contribution is 2.46. The molecule has 0 amide bonds. The lowest BCUT2D eigenvalue weighted by atomic mass is 9.95. The molecule has 1 saturated carbocycles. The van der Waals surface area contributed by atoms with Crippen molar-refractivity contribution in [1.29, 1.82) is 0 Å². The number of alkyl halides is 1. The SMILES string of the molecule is CN(c1nc(OC[C@@]23CCCN2C[C@H](F)C3)nc2c(F)c(-c3cccc(F)c3C3CC3)ncc12)[C@@H]1CCNC1. The molecular formula is C29H33F3N6O. The molecule has 3 saturated heterocycles. The molecule has 4 aliphatic rings. The van der Waals surface area contributed by atoms with E-state index in [1.165, 1.54) is 6.07 Å². The van der Waals surface area contributed by atoms with Crippen LogP contribution in [0.3, 0.4) is 0 Å². The number of nitrogens with zero attached hydrogens (tertiary/aromatic N) is 5. The molecule has 7 rings (SSSR count). The highest BCUT2D eigenvalue weighted by molar-refractivity contribution is 5.92. The minimum Gasteiger partial charge on any atom is -0.461 e. The van der Waals surface area contributed by atoms with Crippen LogP contribution in [0.5, 0.6) is 6.01 Å². The highest BCUT2D eigenvalue weighted by Gasteiger charge is 2.49. The lowest BCUT2D eigenvalue weighted by molar-refractivity contribution is 0.107. The number of halogens is 3. The molecule has 3 atom stereocenters. The van der Waals surface area contributed by atoms with E-state index >= 15 is 4.39 Å². The highest BCUT2D eigenvalue weighted by atomic mass is 19.1. The van der Waals surface area contributed by atoms with Crippen LogP contribution in [0.1, 0.15) is 50.0 Å². The summed E-state index contributed by atoms with van der Waals surface area (Å²) in [5.41, 5.74) is 0.793. The van der Waals surface area contributed by atoms with E-state index < -0.39 is 12.0 Å². The van der Waals surface area contributed by atoms with Crippen molar-refractivity contribution in [1.82, 2.24) is 25.2 Å². The van der Waals surface area contributed by atoms with Crippen LogP contribution >= 0.6 is 0 Å². The molecule has 0 bridgehead atoms. The number of hydrogen-bond acceptors (Lipinski definition) is 7. The Hall–Kier alpha value is -2.98. The second kappa shape index (κ2) is 9.59. The lowest BCUT2D eigenvalue weighted by Crippen LogP contribution is -2.43. The molecule has 10 heteroatoms. The number of anilines is 1. The molecule has 3 aromatic rings. The van der Waals surface area contributed by atoms with Gasteiger partial charge in [-0.2, -0.15) is 9.97 Å². The molecular weight excluding hydrogens is 505 g/mol. The van der Waals surface area contributed by atoms with Crippen molar-refractivity contribution in [3.05, 3.63) is 41.6 Å². The summed E-state index contributed by atoms with van der Waals surface area (Å²) in [5.74, 6) is -0.325. The van der Waals surface area contributed by atoms with Crippen molar-refractivity contribution in [2.24, 2.45) is 0 Å². The van der Waals surface area contributed by atoms with Gasteiger partial charge < -0.3 is 15.0 Å². The van der Waals surface area contributed by atoms with Crippen molar-refractivity contribution in [2.75, 3.05) is 44.7 Å². The number of pyridine rings is 1. The first-order chi connectivity index (χ1) is 18.9. The van der Waals surface area contributed by atoms with Gasteiger partial charge in [-0.15, -0.1) is 0 Å². The fourth-order valence-electron chi connectivity index (χ4n) is 6.86. The number of rotatable bonds is 7. The van der Waals surface area contributed by atoms with Crippen molar-refractivity contribution >= 4 is 16.7 Å². The predicted octanol–water partition coefficient (Wildman–Crippen LogP) is 4.60. The normalized spacial score (nSPS) is 26.9. The summed E-state index contributed by atoms with van der Waals surface area (Å²) < 4.78 is 51.7. The van der Waals surface area contributed by atoms with Crippen LogP contribution < -0.4 is 15.0 Å². The summed E-state index contributed by atoms with van der Waals surface area (Å²) in [7, 11) is 1.94. The molecule has 1 aromatic carbocycles. The molecule has 0 spiro atoms. The molecule has 1 aliphatic carbocycles. The van der Waals surface area contributed by atoms with Crippen molar-refractivity contribution < 1.29 is 17.9 Å². The summed E-state index contributed by atoms with van der Waals surface area (Å²) in [6.45, 7) is 3.21. The van der Waals surface area contributed by atoms with Gasteiger partial charge in [0.2, 0.25) is 0 Å². The summed E-state index contributed by atoms with van der Waals surface area (Å²) in [4.78, 5) is 18.0. The van der Waals surface area contributed by atoms with E-state index in [0.717, 1.165) is 51.7 Å². The molecule has 7 nitrogen and oxygen atoms in total. The molecule has 3 aliphatic heterocycles. The number of ether oxygens (including phenoxy) is 1. The van der Waals surface area contributed by atoms with Gasteiger partial charge in [-0.25, -0.2) is 13.2 Å². The van der Waals surface area contributed by atoms with Gasteiger partial charge >= 0.3 is 6.01 Å². The van der Waals surface area contributed by atoms with Gasteiger partial charge in [-0.05, 0) is 57.2 Å². The Labute approximate surface area is 225 Å². The number of nitrogens with one attached hydrogen (secondary N) is 1. The number of benzene rings is 1. The predicted molar refractivity (Wildman–Crippen MR) is 143 cm³/mol. The maximum Gasteiger partial charge on any atom is 0.319 e. The first-order valence-electron chi connectivity index (χ1n) is 14.0. The maximum atomic E-state index is 16.3. The van der Waals surface area contributed by atoms with E-state index in [0.29, 0.717) is 35.3 Å². The molecule has 5 heterocycles. The Kier molecular flexibility index (Phi) is 6.15. The topological polar surface area (TPSA) is 66.4 Å². The third-order valence-electron chi connectivity index (χ3n) is 9.08. The molecule has 0 unspecified atom stereocenters. The van der Waals surface area contributed by atoms with Gasteiger partial charge in [-0.3, -0.25) is 9.88 Å². The Bertz CT molecular complexity index is 1410. The van der Waals surface area contributed by atoms with Gasteiger partial charge in [-0.1, -0.05) is 12.1 Å². The maximum absolute atomic E-state index is 16.3. The second-order valence-corrected chi connectivity index (χ2v) is 11.6. The molecule has 1 N–H and O–H groups in total. The van der Waals surface area contributed by atoms with Crippen molar-refractivity contribution in [2.45, 2.75) is 62.2 Å². The zero-order valence-electron chi connectivity index (χ0n) is 22.1. The Morgan fingerprint density at radius 2 is 2.08 bits per heavy atom. The van der Waals surface area contributed by atoms with Crippen LogP contribution in [-0.4, -0.2) is 77.4 Å². The standard InChI is InChI=1S/C29H33F3N6O/c1-37(19-8-10-33-13-19)27-21-14-34-25(20-4-2-5-22(31)23(20)17-6-7-17)24(32)26(21)35-28(36-27)39-16-29-9-3-11-38(29)15-18(30)12-29/h2,4-5,14,17-19,33H,3,6-13,15-16H2,1H3/t18-,19-,29+/m1/s1. The summed E-state index contributed by atoms with van der Waals surface area (Å²) in [6.07, 6.45) is 5.68. The van der Waals surface area contributed by atoms with Gasteiger partial charge in [0.15, 0.2) is 5.82 Å². The minimum absolute atomic E-state index is 0.0662. The van der Waals surface area contributed by atoms with Gasteiger partial charge in [0.05, 0.1) is 10.9 Å². The van der Waals surface area contributed by atoms with Gasteiger partial charge in [0.25, 0.3) is 0 Å². The average Bonchev–Trinajstić information content (AvgIpc) is 3.31. The van der Waals surface area contributed by atoms with Gasteiger partial charge in [0.1, 0.15) is 35.6 Å². The first-order valence-corrected chi connectivity index (χ1v) is 14.0. The monoisotopic (exact) mass is 538 g/mol. The van der Waals surface area contributed by atoms with Gasteiger partial charge in [0, 0.05) is 49.9 Å². The number of aromatic nitrogens is 3. The number of likely N-dealkylation sites (N-methyl/N-ethyl adjacent to an activating group) is 1. The Balaban J connectivity index is 1.31. The van der Waals surface area contributed by atoms with Crippen LogP contribution in [0.25, 0.3) is 22.2 Å². The van der Waals surface area contributed by atoms with E-state index in [1.807, 2.05) is 11.9 Å².